The fourth-order valence-electron chi connectivity index (χ4n) is 4.42. The molecule has 6 heteroatoms. The number of nitrogens with zero attached hydrogens (tertiary/aromatic N) is 2. The molecule has 2 heterocycles. The second-order valence-corrected chi connectivity index (χ2v) is 8.51. The van der Waals surface area contributed by atoms with Gasteiger partial charge < -0.3 is 19.3 Å². The molecule has 2 aliphatic heterocycles. The number of amides is 2. The highest BCUT2D eigenvalue weighted by Crippen LogP contribution is 2.25. The Morgan fingerprint density at radius 3 is 2.03 bits per heavy atom. The van der Waals surface area contributed by atoms with Crippen molar-refractivity contribution in [2.24, 2.45) is 5.92 Å². The lowest BCUT2D eigenvalue weighted by molar-refractivity contribution is -0.148. The van der Waals surface area contributed by atoms with Gasteiger partial charge >= 0.3 is 0 Å². The van der Waals surface area contributed by atoms with Crippen molar-refractivity contribution in [1.82, 2.24) is 9.80 Å². The van der Waals surface area contributed by atoms with E-state index >= 15 is 0 Å². The molecule has 6 nitrogen and oxygen atoms in total. The maximum Gasteiger partial charge on any atom is 0.253 e. The van der Waals surface area contributed by atoms with Crippen molar-refractivity contribution >= 4 is 11.8 Å². The Kier molecular flexibility index (Phi) is 6.56. The van der Waals surface area contributed by atoms with Crippen LogP contribution in [0.25, 0.3) is 0 Å². The van der Waals surface area contributed by atoms with Crippen molar-refractivity contribution in [3.8, 4) is 11.5 Å². The Morgan fingerprint density at radius 1 is 0.839 bits per heavy atom. The molecule has 2 saturated heterocycles. The molecule has 4 rings (SSSR count). The van der Waals surface area contributed by atoms with E-state index in [9.17, 15) is 9.59 Å². The Bertz CT molecular complexity index is 881. The second kappa shape index (κ2) is 9.52. The summed E-state index contributed by atoms with van der Waals surface area (Å²) in [6, 6.07) is 16.8. The molecule has 2 aromatic rings. The molecule has 2 atom stereocenters. The summed E-state index contributed by atoms with van der Waals surface area (Å²) in [5.74, 6) is 1.66. The summed E-state index contributed by atoms with van der Waals surface area (Å²) in [6.45, 7) is 6.53. The van der Waals surface area contributed by atoms with E-state index in [1.165, 1.54) is 0 Å². The minimum Gasteiger partial charge on any atom is -0.457 e. The largest absolute Gasteiger partial charge is 0.457 e. The van der Waals surface area contributed by atoms with Gasteiger partial charge in [-0.15, -0.1) is 0 Å². The van der Waals surface area contributed by atoms with Crippen LogP contribution in [0.4, 0.5) is 0 Å². The number of carbonyl (C=O) groups excluding carboxylic acids is 2. The first-order valence-corrected chi connectivity index (χ1v) is 11.1. The monoisotopic (exact) mass is 422 g/mol. The van der Waals surface area contributed by atoms with Crippen molar-refractivity contribution in [1.29, 1.82) is 0 Å². The molecule has 2 amide bonds. The molecule has 2 aromatic carbocycles. The number of hydrogen-bond acceptors (Lipinski definition) is 4. The third kappa shape index (κ3) is 5.25. The molecular formula is C25H30N2O4. The van der Waals surface area contributed by atoms with Gasteiger partial charge in [0.2, 0.25) is 5.91 Å². The summed E-state index contributed by atoms with van der Waals surface area (Å²) < 4.78 is 11.5. The first kappa shape index (κ1) is 21.4. The summed E-state index contributed by atoms with van der Waals surface area (Å²) in [6.07, 6.45) is 1.56. The van der Waals surface area contributed by atoms with E-state index in [4.69, 9.17) is 9.47 Å². The molecular weight excluding hydrogens is 392 g/mol. The van der Waals surface area contributed by atoms with E-state index < -0.39 is 0 Å². The van der Waals surface area contributed by atoms with Crippen LogP contribution in [0.5, 0.6) is 11.5 Å². The van der Waals surface area contributed by atoms with Crippen molar-refractivity contribution < 1.29 is 19.1 Å². The molecule has 0 unspecified atom stereocenters. The number of benzene rings is 2. The van der Waals surface area contributed by atoms with Crippen LogP contribution in [0.15, 0.2) is 54.6 Å². The average molecular weight is 423 g/mol. The van der Waals surface area contributed by atoms with Gasteiger partial charge in [0.25, 0.3) is 5.91 Å². The van der Waals surface area contributed by atoms with E-state index in [-0.39, 0.29) is 29.9 Å². The zero-order valence-electron chi connectivity index (χ0n) is 18.2. The van der Waals surface area contributed by atoms with Crippen LogP contribution in [0.3, 0.4) is 0 Å². The van der Waals surface area contributed by atoms with E-state index in [1.54, 1.807) is 12.1 Å². The van der Waals surface area contributed by atoms with Gasteiger partial charge in [-0.05, 0) is 63.1 Å². The highest BCUT2D eigenvalue weighted by molar-refractivity contribution is 5.94. The molecule has 0 spiro atoms. The van der Waals surface area contributed by atoms with Crippen molar-refractivity contribution in [2.75, 3.05) is 26.2 Å². The van der Waals surface area contributed by atoms with Crippen LogP contribution in [-0.2, 0) is 9.53 Å². The Labute approximate surface area is 183 Å². The third-order valence-electron chi connectivity index (χ3n) is 5.94. The number of likely N-dealkylation sites (tertiary alicyclic amines) is 1. The summed E-state index contributed by atoms with van der Waals surface area (Å²) >= 11 is 0. The van der Waals surface area contributed by atoms with Crippen LogP contribution in [0.1, 0.15) is 37.0 Å². The van der Waals surface area contributed by atoms with Gasteiger partial charge in [-0.1, -0.05) is 18.2 Å². The smallest absolute Gasteiger partial charge is 0.253 e. The zero-order valence-corrected chi connectivity index (χ0v) is 18.2. The Balaban J connectivity index is 1.30. The van der Waals surface area contributed by atoms with Gasteiger partial charge in [0.05, 0.1) is 12.2 Å². The second-order valence-electron chi connectivity index (χ2n) is 8.51. The van der Waals surface area contributed by atoms with Crippen LogP contribution in [0, 0.1) is 5.92 Å². The minimum absolute atomic E-state index is 0.00535. The minimum atomic E-state index is -0.0109. The fraction of sp³-hybridized carbons (Fsp3) is 0.440. The molecule has 0 radical (unpaired) electrons. The molecule has 0 bridgehead atoms. The number of ether oxygens (including phenoxy) is 2. The first-order chi connectivity index (χ1) is 15.0. The van der Waals surface area contributed by atoms with Gasteiger partial charge in [0.1, 0.15) is 11.5 Å². The lowest BCUT2D eigenvalue weighted by atomic mass is 9.94. The molecule has 0 aliphatic carbocycles. The summed E-state index contributed by atoms with van der Waals surface area (Å²) in [5, 5.41) is 0. The third-order valence-corrected chi connectivity index (χ3v) is 5.94. The molecule has 2 fully saturated rings. The normalized spacial score (nSPS) is 22.3. The number of hydrogen-bond donors (Lipinski definition) is 0. The quantitative estimate of drug-likeness (QED) is 0.748. The molecule has 0 aromatic heterocycles. The van der Waals surface area contributed by atoms with Gasteiger partial charge in [-0.3, -0.25) is 9.59 Å². The standard InChI is InChI=1S/C25H30N2O4/c1-18-16-27(17-19(2)30-18)25(29)21-12-14-26(15-13-21)24(28)20-8-10-23(11-9-20)31-22-6-4-3-5-7-22/h3-11,18-19,21H,12-17H2,1-2H3/t18-,19-/m0/s1. The van der Waals surface area contributed by atoms with E-state index in [1.807, 2.05) is 66.1 Å². The number of carbonyl (C=O) groups is 2. The highest BCUT2D eigenvalue weighted by Gasteiger charge is 2.33. The summed E-state index contributed by atoms with van der Waals surface area (Å²) in [5.41, 5.74) is 0.640. The number of rotatable bonds is 4. The number of para-hydroxylation sites is 1. The molecule has 2 aliphatic rings. The summed E-state index contributed by atoms with van der Waals surface area (Å²) in [7, 11) is 0. The number of piperidine rings is 1. The van der Waals surface area contributed by atoms with E-state index in [2.05, 4.69) is 0 Å². The highest BCUT2D eigenvalue weighted by atomic mass is 16.5. The van der Waals surface area contributed by atoms with Crippen molar-refractivity contribution in [2.45, 2.75) is 38.9 Å². The molecule has 0 N–H and O–H groups in total. The van der Waals surface area contributed by atoms with Crippen LogP contribution >= 0.6 is 0 Å². The lowest BCUT2D eigenvalue weighted by Crippen LogP contribution is -2.51. The van der Waals surface area contributed by atoms with E-state index in [0.29, 0.717) is 50.3 Å². The Hall–Kier alpha value is -2.86. The topological polar surface area (TPSA) is 59.1 Å². The maximum absolute atomic E-state index is 12.9. The summed E-state index contributed by atoms with van der Waals surface area (Å²) in [4.78, 5) is 29.6. The van der Waals surface area contributed by atoms with Gasteiger partial charge in [0.15, 0.2) is 0 Å². The zero-order chi connectivity index (χ0) is 21.8. The first-order valence-electron chi connectivity index (χ1n) is 11.1. The van der Waals surface area contributed by atoms with Crippen LogP contribution < -0.4 is 4.74 Å². The molecule has 164 valence electrons. The van der Waals surface area contributed by atoms with Crippen molar-refractivity contribution in [3.05, 3.63) is 60.2 Å². The van der Waals surface area contributed by atoms with Crippen LogP contribution in [-0.4, -0.2) is 60.0 Å². The average Bonchev–Trinajstić information content (AvgIpc) is 2.79. The van der Waals surface area contributed by atoms with Crippen LogP contribution in [0.2, 0.25) is 0 Å². The Morgan fingerprint density at radius 2 is 1.42 bits per heavy atom. The maximum atomic E-state index is 12.9. The lowest BCUT2D eigenvalue weighted by Gasteiger charge is -2.39. The fourth-order valence-corrected chi connectivity index (χ4v) is 4.42. The molecule has 31 heavy (non-hydrogen) atoms. The van der Waals surface area contributed by atoms with Gasteiger partial charge in [-0.25, -0.2) is 0 Å². The van der Waals surface area contributed by atoms with Gasteiger partial charge in [0, 0.05) is 37.7 Å². The predicted octanol–water partition coefficient (Wildman–Crippen LogP) is 3.97. The SMILES string of the molecule is C[C@H]1CN(C(=O)C2CCN(C(=O)c3ccc(Oc4ccccc4)cc3)CC2)C[C@H](C)O1. The van der Waals surface area contributed by atoms with Crippen molar-refractivity contribution in [3.63, 3.8) is 0 Å². The molecule has 0 saturated carbocycles. The predicted molar refractivity (Wildman–Crippen MR) is 118 cm³/mol. The van der Waals surface area contributed by atoms with Gasteiger partial charge in [-0.2, -0.15) is 0 Å². The van der Waals surface area contributed by atoms with E-state index in [0.717, 1.165) is 5.75 Å². The number of morpholine rings is 1.